The van der Waals surface area contributed by atoms with Gasteiger partial charge in [-0.1, -0.05) is 0 Å². The molecule has 1 aliphatic heterocycles. The Labute approximate surface area is 119 Å². The molecule has 0 aromatic heterocycles. The number of nitrogens with one attached hydrogen (secondary N) is 1. The second kappa shape index (κ2) is 6.41. The lowest BCUT2D eigenvalue weighted by atomic mass is 10.1. The zero-order valence-corrected chi connectivity index (χ0v) is 11.2. The van der Waals surface area contributed by atoms with Crippen molar-refractivity contribution in [3.05, 3.63) is 35.1 Å². The molecule has 0 atom stereocenters. The lowest BCUT2D eigenvalue weighted by Crippen LogP contribution is -2.46. The van der Waals surface area contributed by atoms with Gasteiger partial charge in [-0.05, 0) is 18.2 Å². The molecule has 1 heterocycles. The number of nitrogens with zero attached hydrogens (tertiary/aromatic N) is 1. The average Bonchev–Trinajstić information content (AvgIpc) is 2.38. The van der Waals surface area contributed by atoms with Gasteiger partial charge in [-0.25, -0.2) is 4.39 Å². The van der Waals surface area contributed by atoms with Gasteiger partial charge in [-0.3, -0.25) is 4.79 Å². The van der Waals surface area contributed by atoms with Crippen LogP contribution in [0.1, 0.15) is 15.9 Å². The van der Waals surface area contributed by atoms with Crippen molar-refractivity contribution in [2.75, 3.05) is 26.2 Å². The highest BCUT2D eigenvalue weighted by Crippen LogP contribution is 2.30. The van der Waals surface area contributed by atoms with Crippen LogP contribution in [0, 0.1) is 5.82 Å². The van der Waals surface area contributed by atoms with Gasteiger partial charge < -0.3 is 10.2 Å². The van der Waals surface area contributed by atoms with Crippen molar-refractivity contribution in [1.29, 1.82) is 0 Å². The van der Waals surface area contributed by atoms with Crippen molar-refractivity contribution in [2.24, 2.45) is 0 Å². The minimum atomic E-state index is -4.61. The molecule has 2 rings (SSSR count). The summed E-state index contributed by atoms with van der Waals surface area (Å²) in [6.07, 6.45) is -4.61. The summed E-state index contributed by atoms with van der Waals surface area (Å²) < 4.78 is 50.8. The highest BCUT2D eigenvalue weighted by Gasteiger charge is 2.32. The first kappa shape index (κ1) is 16.7. The van der Waals surface area contributed by atoms with Crippen LogP contribution >= 0.6 is 12.4 Å². The van der Waals surface area contributed by atoms with Crippen molar-refractivity contribution < 1.29 is 22.4 Å². The summed E-state index contributed by atoms with van der Waals surface area (Å²) in [6.45, 7) is 2.01. The lowest BCUT2D eigenvalue weighted by molar-refractivity contribution is -0.137. The van der Waals surface area contributed by atoms with Crippen molar-refractivity contribution in [3.8, 4) is 0 Å². The van der Waals surface area contributed by atoms with Crippen LogP contribution in [-0.2, 0) is 6.18 Å². The first-order valence-electron chi connectivity index (χ1n) is 5.76. The highest BCUT2D eigenvalue weighted by atomic mass is 35.5. The first-order chi connectivity index (χ1) is 8.89. The van der Waals surface area contributed by atoms with Crippen molar-refractivity contribution in [3.63, 3.8) is 0 Å². The predicted molar refractivity (Wildman–Crippen MR) is 67.4 cm³/mol. The fourth-order valence-electron chi connectivity index (χ4n) is 1.90. The Hall–Kier alpha value is -1.34. The number of carbonyl (C=O) groups is 1. The molecule has 1 aliphatic rings. The summed E-state index contributed by atoms with van der Waals surface area (Å²) in [4.78, 5) is 13.4. The summed E-state index contributed by atoms with van der Waals surface area (Å²) in [5.41, 5.74) is -1.42. The standard InChI is InChI=1S/C12H12F4N2O.ClH/c13-10-7-8(12(14,15)16)1-2-9(10)11(19)18-5-3-17-4-6-18;/h1-2,7,17H,3-6H2;1H. The van der Waals surface area contributed by atoms with Gasteiger partial charge in [0.1, 0.15) is 5.82 Å². The Morgan fingerprint density at radius 3 is 2.30 bits per heavy atom. The van der Waals surface area contributed by atoms with Gasteiger partial charge in [0.15, 0.2) is 0 Å². The molecule has 0 spiro atoms. The van der Waals surface area contributed by atoms with E-state index >= 15 is 0 Å². The van der Waals surface area contributed by atoms with Crippen molar-refractivity contribution in [1.82, 2.24) is 10.2 Å². The molecule has 3 nitrogen and oxygen atoms in total. The number of benzene rings is 1. The Morgan fingerprint density at radius 1 is 1.20 bits per heavy atom. The van der Waals surface area contributed by atoms with Crippen LogP contribution in [0.25, 0.3) is 0 Å². The van der Waals surface area contributed by atoms with Crippen LogP contribution in [0.3, 0.4) is 0 Å². The molecule has 20 heavy (non-hydrogen) atoms. The van der Waals surface area contributed by atoms with Gasteiger partial charge in [0.05, 0.1) is 11.1 Å². The molecule has 112 valence electrons. The third-order valence-electron chi connectivity index (χ3n) is 2.93. The number of hydrogen-bond acceptors (Lipinski definition) is 2. The van der Waals surface area contributed by atoms with E-state index in [1.54, 1.807) is 0 Å². The maximum Gasteiger partial charge on any atom is 0.416 e. The minimum Gasteiger partial charge on any atom is -0.336 e. The SMILES string of the molecule is Cl.O=C(c1ccc(C(F)(F)F)cc1F)N1CCNCC1. The molecular weight excluding hydrogens is 300 g/mol. The van der Waals surface area contributed by atoms with Gasteiger partial charge in [0.25, 0.3) is 5.91 Å². The van der Waals surface area contributed by atoms with Crippen molar-refractivity contribution >= 4 is 18.3 Å². The molecule has 1 aromatic carbocycles. The summed E-state index contributed by atoms with van der Waals surface area (Å²) in [5.74, 6) is -1.72. The maximum atomic E-state index is 13.6. The van der Waals surface area contributed by atoms with E-state index in [0.29, 0.717) is 32.2 Å². The molecule has 1 fully saturated rings. The molecule has 1 aromatic rings. The summed E-state index contributed by atoms with van der Waals surface area (Å²) >= 11 is 0. The second-order valence-electron chi connectivity index (χ2n) is 4.23. The van der Waals surface area contributed by atoms with Crippen LogP contribution in [-0.4, -0.2) is 37.0 Å². The number of piperazine rings is 1. The van der Waals surface area contributed by atoms with Crippen LogP contribution in [0.4, 0.5) is 17.6 Å². The molecule has 0 unspecified atom stereocenters. The highest BCUT2D eigenvalue weighted by molar-refractivity contribution is 5.94. The van der Waals surface area contributed by atoms with Crippen LogP contribution in [0.2, 0.25) is 0 Å². The van der Waals surface area contributed by atoms with E-state index in [-0.39, 0.29) is 18.0 Å². The number of amides is 1. The Morgan fingerprint density at radius 2 is 1.80 bits per heavy atom. The van der Waals surface area contributed by atoms with Gasteiger partial charge in [0, 0.05) is 26.2 Å². The van der Waals surface area contributed by atoms with Crippen molar-refractivity contribution in [2.45, 2.75) is 6.18 Å². The molecule has 0 saturated carbocycles. The third-order valence-corrected chi connectivity index (χ3v) is 2.93. The smallest absolute Gasteiger partial charge is 0.336 e. The Balaban J connectivity index is 0.00000200. The number of rotatable bonds is 1. The van der Waals surface area contributed by atoms with Gasteiger partial charge >= 0.3 is 6.18 Å². The topological polar surface area (TPSA) is 32.3 Å². The molecule has 0 radical (unpaired) electrons. The molecular formula is C12H13ClF4N2O. The molecule has 8 heteroatoms. The molecule has 1 N–H and O–H groups in total. The zero-order chi connectivity index (χ0) is 14.0. The van der Waals surface area contributed by atoms with E-state index in [1.807, 2.05) is 0 Å². The fourth-order valence-corrected chi connectivity index (χ4v) is 1.90. The molecule has 1 amide bonds. The summed E-state index contributed by atoms with van der Waals surface area (Å²) in [7, 11) is 0. The Kier molecular flexibility index (Phi) is 5.35. The maximum absolute atomic E-state index is 13.6. The van der Waals surface area contributed by atoms with Gasteiger partial charge in [0.2, 0.25) is 0 Å². The van der Waals surface area contributed by atoms with E-state index in [0.717, 1.165) is 12.1 Å². The van der Waals surface area contributed by atoms with Crippen LogP contribution in [0.15, 0.2) is 18.2 Å². The number of hydrogen-bond donors (Lipinski definition) is 1. The third kappa shape index (κ3) is 3.61. The minimum absolute atomic E-state index is 0. The average molecular weight is 313 g/mol. The van der Waals surface area contributed by atoms with Gasteiger partial charge in [-0.15, -0.1) is 12.4 Å². The van der Waals surface area contributed by atoms with Crippen LogP contribution in [0.5, 0.6) is 0 Å². The number of alkyl halides is 3. The fraction of sp³-hybridized carbons (Fsp3) is 0.417. The lowest BCUT2D eigenvalue weighted by Gasteiger charge is -2.27. The number of halogens is 5. The summed E-state index contributed by atoms with van der Waals surface area (Å²) in [6, 6.07) is 1.97. The predicted octanol–water partition coefficient (Wildman–Crippen LogP) is 2.31. The normalized spacial score (nSPS) is 15.7. The summed E-state index contributed by atoms with van der Waals surface area (Å²) in [5, 5.41) is 3.03. The van der Waals surface area contributed by atoms with E-state index in [9.17, 15) is 22.4 Å². The number of carbonyl (C=O) groups excluding carboxylic acids is 1. The van der Waals surface area contributed by atoms with E-state index < -0.39 is 23.5 Å². The second-order valence-corrected chi connectivity index (χ2v) is 4.23. The molecule has 1 saturated heterocycles. The van der Waals surface area contributed by atoms with Crippen LogP contribution < -0.4 is 5.32 Å². The van der Waals surface area contributed by atoms with E-state index in [4.69, 9.17) is 0 Å². The largest absolute Gasteiger partial charge is 0.416 e. The quantitative estimate of drug-likeness (QED) is 0.807. The Bertz CT molecular complexity index is 487. The molecule has 0 bridgehead atoms. The monoisotopic (exact) mass is 312 g/mol. The zero-order valence-electron chi connectivity index (χ0n) is 10.3. The van der Waals surface area contributed by atoms with E-state index in [1.165, 1.54) is 4.90 Å². The van der Waals surface area contributed by atoms with E-state index in [2.05, 4.69) is 5.32 Å². The van der Waals surface area contributed by atoms with Gasteiger partial charge in [-0.2, -0.15) is 13.2 Å². The first-order valence-corrected chi connectivity index (χ1v) is 5.76. The molecule has 0 aliphatic carbocycles.